The molecule has 15 heavy (non-hydrogen) atoms. The maximum atomic E-state index is 11.8. The zero-order valence-electron chi connectivity index (χ0n) is 8.23. The predicted molar refractivity (Wildman–Crippen MR) is 54.3 cm³/mol. The molecule has 7 heteroatoms. The lowest BCUT2D eigenvalue weighted by molar-refractivity contribution is 0.106. The largest absolute Gasteiger partial charge is 0.407 e. The van der Waals surface area contributed by atoms with E-state index in [2.05, 4.69) is 15.0 Å². The zero-order valence-corrected chi connectivity index (χ0v) is 8.23. The Morgan fingerprint density at radius 1 is 1.67 bits per heavy atom. The van der Waals surface area contributed by atoms with Crippen LogP contribution >= 0.6 is 0 Å². The van der Waals surface area contributed by atoms with Crippen molar-refractivity contribution in [2.24, 2.45) is 0 Å². The fraction of sp³-hybridized carbons (Fsp3) is 0.375. The second-order valence-electron chi connectivity index (χ2n) is 3.00. The Labute approximate surface area is 84.9 Å². The molecule has 80 valence electrons. The average Bonchev–Trinajstić information content (AvgIpc) is 2.65. The first-order valence-corrected chi connectivity index (χ1v) is 4.59. The highest BCUT2D eigenvalue weighted by Gasteiger charge is 2.10. The smallest absolute Gasteiger partial charge is 0.314 e. The van der Waals surface area contributed by atoms with Gasteiger partial charge in [-0.25, -0.2) is 4.98 Å². The summed E-state index contributed by atoms with van der Waals surface area (Å²) in [5.41, 5.74) is 5.78. The molecular formula is C8H11N5O2. The molecule has 0 atom stereocenters. The summed E-state index contributed by atoms with van der Waals surface area (Å²) >= 11 is 0. The number of aromatic amines is 1. The first-order valence-electron chi connectivity index (χ1n) is 4.59. The van der Waals surface area contributed by atoms with Crippen LogP contribution in [-0.2, 0) is 0 Å². The molecule has 0 aliphatic carbocycles. The second-order valence-corrected chi connectivity index (χ2v) is 3.00. The van der Waals surface area contributed by atoms with Gasteiger partial charge in [0.2, 0.25) is 5.95 Å². The molecule has 0 radical (unpaired) electrons. The van der Waals surface area contributed by atoms with Crippen LogP contribution in [0.5, 0.6) is 0 Å². The third-order valence-corrected chi connectivity index (χ3v) is 1.87. The third-order valence-electron chi connectivity index (χ3n) is 1.87. The number of anilines is 1. The van der Waals surface area contributed by atoms with Crippen LogP contribution in [0.2, 0.25) is 0 Å². The van der Waals surface area contributed by atoms with E-state index in [9.17, 15) is 4.79 Å². The molecule has 0 aromatic carbocycles. The van der Waals surface area contributed by atoms with Crippen molar-refractivity contribution < 1.29 is 4.84 Å². The minimum Gasteiger partial charge on any atom is -0.407 e. The van der Waals surface area contributed by atoms with Gasteiger partial charge in [-0.3, -0.25) is 4.79 Å². The molecule has 0 saturated carbocycles. The molecule has 0 saturated heterocycles. The van der Waals surface area contributed by atoms with Gasteiger partial charge >= 0.3 is 5.56 Å². The molecule has 0 amide bonds. The van der Waals surface area contributed by atoms with Crippen molar-refractivity contribution in [3.63, 3.8) is 0 Å². The standard InChI is InChI=1S/C8H11N5O2/c1-2-3-15-13-7(14)5-6(11-4-10-5)12-8(13)9/h4H,2-3H2,1H3,(H2,9,12)(H,10,11). The highest BCUT2D eigenvalue weighted by Crippen LogP contribution is 2.02. The van der Waals surface area contributed by atoms with E-state index >= 15 is 0 Å². The molecule has 7 nitrogen and oxygen atoms in total. The van der Waals surface area contributed by atoms with E-state index in [1.807, 2.05) is 6.92 Å². The monoisotopic (exact) mass is 209 g/mol. The first-order chi connectivity index (χ1) is 7.24. The van der Waals surface area contributed by atoms with Gasteiger partial charge < -0.3 is 15.6 Å². The molecule has 3 N–H and O–H groups in total. The summed E-state index contributed by atoms with van der Waals surface area (Å²) in [6.07, 6.45) is 2.18. The number of imidazole rings is 1. The lowest BCUT2D eigenvalue weighted by atomic mass is 10.5. The Kier molecular flexibility index (Phi) is 2.28. The first kappa shape index (κ1) is 9.50. The van der Waals surface area contributed by atoms with Crippen molar-refractivity contribution in [2.45, 2.75) is 13.3 Å². The molecule has 2 aromatic rings. The summed E-state index contributed by atoms with van der Waals surface area (Å²) < 4.78 is 0.976. The van der Waals surface area contributed by atoms with E-state index in [1.54, 1.807) is 0 Å². The van der Waals surface area contributed by atoms with E-state index < -0.39 is 0 Å². The van der Waals surface area contributed by atoms with Gasteiger partial charge in [-0.15, -0.1) is 4.73 Å². The Morgan fingerprint density at radius 2 is 2.47 bits per heavy atom. The van der Waals surface area contributed by atoms with Crippen LogP contribution in [0.4, 0.5) is 5.95 Å². The lowest BCUT2D eigenvalue weighted by Crippen LogP contribution is -2.30. The summed E-state index contributed by atoms with van der Waals surface area (Å²) in [5.74, 6) is 0.00745. The molecular weight excluding hydrogens is 198 g/mol. The average molecular weight is 209 g/mol. The molecule has 0 aliphatic heterocycles. The Balaban J connectivity index is 2.57. The van der Waals surface area contributed by atoms with Gasteiger partial charge in [0.1, 0.15) is 6.61 Å². The summed E-state index contributed by atoms with van der Waals surface area (Å²) in [5, 5.41) is 0. The van der Waals surface area contributed by atoms with Gasteiger partial charge in [0.05, 0.1) is 6.33 Å². The minimum absolute atomic E-state index is 0.00745. The maximum absolute atomic E-state index is 11.8. The van der Waals surface area contributed by atoms with Gasteiger partial charge in [0.25, 0.3) is 0 Å². The van der Waals surface area contributed by atoms with E-state index in [1.165, 1.54) is 6.33 Å². The van der Waals surface area contributed by atoms with Gasteiger partial charge in [0.15, 0.2) is 11.2 Å². The van der Waals surface area contributed by atoms with Crippen LogP contribution in [0, 0.1) is 0 Å². The number of rotatable bonds is 3. The number of aromatic nitrogens is 4. The van der Waals surface area contributed by atoms with Gasteiger partial charge in [0, 0.05) is 0 Å². The van der Waals surface area contributed by atoms with E-state index in [0.717, 1.165) is 11.2 Å². The van der Waals surface area contributed by atoms with E-state index in [4.69, 9.17) is 10.6 Å². The molecule has 0 unspecified atom stereocenters. The highest BCUT2D eigenvalue weighted by molar-refractivity contribution is 5.69. The van der Waals surface area contributed by atoms with Crippen LogP contribution in [0.15, 0.2) is 11.1 Å². The van der Waals surface area contributed by atoms with Gasteiger partial charge in [-0.2, -0.15) is 4.98 Å². The van der Waals surface area contributed by atoms with Crippen molar-refractivity contribution in [3.8, 4) is 0 Å². The maximum Gasteiger partial charge on any atom is 0.314 e. The van der Waals surface area contributed by atoms with Crippen molar-refractivity contribution >= 4 is 17.1 Å². The lowest BCUT2D eigenvalue weighted by Gasteiger charge is -2.08. The van der Waals surface area contributed by atoms with E-state index in [0.29, 0.717) is 17.8 Å². The SMILES string of the molecule is CCCOn1c(N)nc2nc[nH]c2c1=O. The Hall–Kier alpha value is -2.05. The number of nitrogen functional groups attached to an aromatic ring is 1. The second kappa shape index (κ2) is 3.60. The topological polar surface area (TPSA) is 98.8 Å². The Bertz CT molecular complexity index is 529. The minimum atomic E-state index is -0.372. The normalized spacial score (nSPS) is 10.7. The third kappa shape index (κ3) is 1.51. The molecule has 2 heterocycles. The van der Waals surface area contributed by atoms with Crippen molar-refractivity contribution in [2.75, 3.05) is 12.3 Å². The summed E-state index contributed by atoms with van der Waals surface area (Å²) in [4.78, 5) is 27.4. The van der Waals surface area contributed by atoms with Crippen LogP contribution < -0.4 is 16.1 Å². The number of hydrogen-bond donors (Lipinski definition) is 2. The van der Waals surface area contributed by atoms with Crippen molar-refractivity contribution in [3.05, 3.63) is 16.7 Å². The fourth-order valence-corrected chi connectivity index (χ4v) is 1.20. The number of nitrogens with two attached hydrogens (primary N) is 1. The zero-order chi connectivity index (χ0) is 10.8. The number of nitrogens with one attached hydrogen (secondary N) is 1. The number of fused-ring (bicyclic) bond motifs is 1. The Morgan fingerprint density at radius 3 is 3.20 bits per heavy atom. The van der Waals surface area contributed by atoms with Crippen molar-refractivity contribution in [1.29, 1.82) is 0 Å². The molecule has 0 bridgehead atoms. The molecule has 0 aliphatic rings. The molecule has 2 rings (SSSR count). The summed E-state index contributed by atoms with van der Waals surface area (Å²) in [6, 6.07) is 0. The number of H-pyrrole nitrogens is 1. The molecule has 2 aromatic heterocycles. The van der Waals surface area contributed by atoms with Gasteiger partial charge in [-0.05, 0) is 6.42 Å². The van der Waals surface area contributed by atoms with Crippen LogP contribution in [0.25, 0.3) is 11.2 Å². The highest BCUT2D eigenvalue weighted by atomic mass is 16.7. The molecule has 0 spiro atoms. The van der Waals surface area contributed by atoms with Gasteiger partial charge in [-0.1, -0.05) is 6.92 Å². The van der Waals surface area contributed by atoms with Crippen LogP contribution in [0.3, 0.4) is 0 Å². The van der Waals surface area contributed by atoms with Crippen molar-refractivity contribution in [1.82, 2.24) is 19.7 Å². The van der Waals surface area contributed by atoms with Crippen LogP contribution in [-0.4, -0.2) is 26.3 Å². The predicted octanol–water partition coefficient (Wildman–Crippen LogP) is -0.460. The number of hydrogen-bond acceptors (Lipinski definition) is 5. The number of nitrogens with zero attached hydrogens (tertiary/aromatic N) is 3. The quantitative estimate of drug-likeness (QED) is 0.712. The van der Waals surface area contributed by atoms with E-state index in [-0.39, 0.29) is 11.5 Å². The summed E-state index contributed by atoms with van der Waals surface area (Å²) in [7, 11) is 0. The van der Waals surface area contributed by atoms with Crippen LogP contribution in [0.1, 0.15) is 13.3 Å². The fourth-order valence-electron chi connectivity index (χ4n) is 1.20. The summed E-state index contributed by atoms with van der Waals surface area (Å²) in [6.45, 7) is 2.34. The molecule has 0 fully saturated rings.